The third-order valence-electron chi connectivity index (χ3n) is 1.69. The molecule has 0 saturated heterocycles. The van der Waals surface area contributed by atoms with Crippen LogP contribution in [0.3, 0.4) is 0 Å². The van der Waals surface area contributed by atoms with Gasteiger partial charge >= 0.3 is 5.97 Å². The van der Waals surface area contributed by atoms with Gasteiger partial charge in [-0.3, -0.25) is 4.79 Å². The van der Waals surface area contributed by atoms with Gasteiger partial charge in [0.2, 0.25) is 0 Å². The van der Waals surface area contributed by atoms with E-state index in [0.717, 1.165) is 0 Å². The average Bonchev–Trinajstić information content (AvgIpc) is 2.11. The lowest BCUT2D eigenvalue weighted by atomic mass is 10.1. The Morgan fingerprint density at radius 2 is 2.29 bits per heavy atom. The highest BCUT2D eigenvalue weighted by molar-refractivity contribution is 6.33. The first-order valence-corrected chi connectivity index (χ1v) is 4.12. The van der Waals surface area contributed by atoms with E-state index in [1.165, 1.54) is 12.1 Å². The van der Waals surface area contributed by atoms with E-state index in [0.29, 0.717) is 11.1 Å². The maximum absolute atomic E-state index is 10.5. The van der Waals surface area contributed by atoms with Crippen molar-refractivity contribution in [2.45, 2.75) is 6.42 Å². The second kappa shape index (κ2) is 3.99. The number of anilines is 1. The van der Waals surface area contributed by atoms with Crippen LogP contribution in [0.15, 0.2) is 12.1 Å². The van der Waals surface area contributed by atoms with Crippen molar-refractivity contribution >= 4 is 23.3 Å². The molecule has 1 rings (SSSR count). The van der Waals surface area contributed by atoms with Gasteiger partial charge in [0.1, 0.15) is 0 Å². The van der Waals surface area contributed by atoms with Crippen LogP contribution in [0.4, 0.5) is 5.69 Å². The fourth-order valence-electron chi connectivity index (χ4n) is 1.05. The van der Waals surface area contributed by atoms with E-state index in [1.807, 2.05) is 6.07 Å². The number of carboxylic acid groups (broad SMARTS) is 1. The molecule has 4 nitrogen and oxygen atoms in total. The minimum absolute atomic E-state index is 0.209. The fraction of sp³-hybridized carbons (Fsp3) is 0.111. The molecule has 14 heavy (non-hydrogen) atoms. The molecule has 0 radical (unpaired) electrons. The quantitative estimate of drug-likeness (QED) is 0.723. The smallest absolute Gasteiger partial charge is 0.307 e. The first kappa shape index (κ1) is 10.4. The predicted octanol–water partition coefficient (Wildman–Crippen LogP) is 1.42. The lowest BCUT2D eigenvalue weighted by Gasteiger charge is -2.05. The second-order valence-corrected chi connectivity index (χ2v) is 3.12. The number of aliphatic carboxylic acids is 1. The van der Waals surface area contributed by atoms with E-state index in [2.05, 4.69) is 0 Å². The van der Waals surface area contributed by atoms with Crippen molar-refractivity contribution in [3.05, 3.63) is 28.3 Å². The summed E-state index contributed by atoms with van der Waals surface area (Å²) in [4.78, 5) is 10.5. The number of nitrogens with two attached hydrogens (primary N) is 1. The first-order valence-electron chi connectivity index (χ1n) is 3.74. The maximum atomic E-state index is 10.5. The van der Waals surface area contributed by atoms with Crippen LogP contribution in [0.5, 0.6) is 0 Å². The van der Waals surface area contributed by atoms with Gasteiger partial charge in [-0.25, -0.2) is 0 Å². The number of benzene rings is 1. The normalized spacial score (nSPS) is 9.43. The number of halogens is 1. The Hall–Kier alpha value is -1.73. The van der Waals surface area contributed by atoms with Gasteiger partial charge in [-0.2, -0.15) is 5.26 Å². The van der Waals surface area contributed by atoms with Gasteiger partial charge in [0.25, 0.3) is 0 Å². The number of hydrogen-bond acceptors (Lipinski definition) is 3. The zero-order valence-corrected chi connectivity index (χ0v) is 7.88. The van der Waals surface area contributed by atoms with E-state index in [1.54, 1.807) is 0 Å². The van der Waals surface area contributed by atoms with Crippen molar-refractivity contribution in [2.24, 2.45) is 0 Å². The van der Waals surface area contributed by atoms with Crippen LogP contribution in [-0.2, 0) is 11.2 Å². The summed E-state index contributed by atoms with van der Waals surface area (Å²) in [6, 6.07) is 4.71. The van der Waals surface area contributed by atoms with Crippen molar-refractivity contribution < 1.29 is 9.90 Å². The number of nitriles is 1. The van der Waals surface area contributed by atoms with E-state index in [-0.39, 0.29) is 17.1 Å². The van der Waals surface area contributed by atoms with Crippen LogP contribution in [0.2, 0.25) is 5.02 Å². The number of hydrogen-bond donors (Lipinski definition) is 2. The van der Waals surface area contributed by atoms with E-state index < -0.39 is 5.97 Å². The molecule has 0 bridgehead atoms. The SMILES string of the molecule is N#Cc1cc(Cl)c(N)c(CC(=O)O)c1. The van der Waals surface area contributed by atoms with E-state index in [4.69, 9.17) is 27.7 Å². The lowest BCUT2D eigenvalue weighted by molar-refractivity contribution is -0.136. The molecule has 0 aromatic heterocycles. The maximum Gasteiger partial charge on any atom is 0.307 e. The topological polar surface area (TPSA) is 87.1 Å². The molecule has 5 heteroatoms. The third-order valence-corrected chi connectivity index (χ3v) is 2.00. The Bertz CT molecular complexity index is 424. The minimum Gasteiger partial charge on any atom is -0.481 e. The molecule has 0 spiro atoms. The Kier molecular flexibility index (Phi) is 2.95. The molecule has 3 N–H and O–H groups in total. The fourth-order valence-corrected chi connectivity index (χ4v) is 1.29. The van der Waals surface area contributed by atoms with Gasteiger partial charge in [-0.15, -0.1) is 0 Å². The van der Waals surface area contributed by atoms with Crippen LogP contribution in [0, 0.1) is 11.3 Å². The number of nitrogens with zero attached hydrogens (tertiary/aromatic N) is 1. The highest BCUT2D eigenvalue weighted by Gasteiger charge is 2.09. The third kappa shape index (κ3) is 2.15. The van der Waals surface area contributed by atoms with Gasteiger partial charge in [0.05, 0.1) is 28.8 Å². The highest BCUT2D eigenvalue weighted by atomic mass is 35.5. The number of rotatable bonds is 2. The molecular formula is C9H7ClN2O2. The van der Waals surface area contributed by atoms with Gasteiger partial charge in [-0.1, -0.05) is 11.6 Å². The monoisotopic (exact) mass is 210 g/mol. The minimum atomic E-state index is -1.01. The summed E-state index contributed by atoms with van der Waals surface area (Å²) in [6.45, 7) is 0. The molecule has 0 atom stereocenters. The molecule has 1 aromatic rings. The number of carbonyl (C=O) groups is 1. The molecule has 0 amide bonds. The molecule has 0 unspecified atom stereocenters. The molecule has 0 fully saturated rings. The second-order valence-electron chi connectivity index (χ2n) is 2.71. The van der Waals surface area contributed by atoms with E-state index in [9.17, 15) is 4.79 Å². The zero-order valence-electron chi connectivity index (χ0n) is 7.12. The molecule has 1 aromatic carbocycles. The Morgan fingerprint density at radius 3 is 2.79 bits per heavy atom. The molecule has 72 valence electrons. The highest BCUT2D eigenvalue weighted by Crippen LogP contribution is 2.25. The molecule has 0 aliphatic heterocycles. The largest absolute Gasteiger partial charge is 0.481 e. The van der Waals surface area contributed by atoms with Gasteiger partial charge < -0.3 is 10.8 Å². The Labute approximate surface area is 85.5 Å². The van der Waals surface area contributed by atoms with Crippen LogP contribution in [0.25, 0.3) is 0 Å². The summed E-state index contributed by atoms with van der Waals surface area (Å²) in [7, 11) is 0. The van der Waals surface area contributed by atoms with Crippen LogP contribution in [-0.4, -0.2) is 11.1 Å². The predicted molar refractivity (Wildman–Crippen MR) is 51.9 cm³/mol. The summed E-state index contributed by atoms with van der Waals surface area (Å²) in [6.07, 6.45) is -0.235. The number of carboxylic acids is 1. The van der Waals surface area contributed by atoms with Gasteiger partial charge in [-0.05, 0) is 17.7 Å². The molecule has 0 saturated carbocycles. The number of nitrogen functional groups attached to an aromatic ring is 1. The molecule has 0 heterocycles. The Morgan fingerprint density at radius 1 is 1.64 bits per heavy atom. The molecule has 0 aliphatic carbocycles. The molecular weight excluding hydrogens is 204 g/mol. The van der Waals surface area contributed by atoms with Crippen molar-refractivity contribution in [3.8, 4) is 6.07 Å². The van der Waals surface area contributed by atoms with Crippen molar-refractivity contribution in [1.82, 2.24) is 0 Å². The Balaban J connectivity index is 3.21. The van der Waals surface area contributed by atoms with Crippen LogP contribution >= 0.6 is 11.6 Å². The lowest BCUT2D eigenvalue weighted by Crippen LogP contribution is -2.04. The first-order chi connectivity index (χ1) is 6.54. The summed E-state index contributed by atoms with van der Waals surface area (Å²) in [5.74, 6) is -1.01. The van der Waals surface area contributed by atoms with Gasteiger partial charge in [0.15, 0.2) is 0 Å². The summed E-state index contributed by atoms with van der Waals surface area (Å²) < 4.78 is 0. The van der Waals surface area contributed by atoms with Crippen LogP contribution in [0.1, 0.15) is 11.1 Å². The van der Waals surface area contributed by atoms with Crippen LogP contribution < -0.4 is 5.73 Å². The van der Waals surface area contributed by atoms with Gasteiger partial charge in [0, 0.05) is 0 Å². The molecule has 0 aliphatic rings. The standard InChI is InChI=1S/C9H7ClN2O2/c10-7-2-5(4-11)1-6(9(7)12)3-8(13)14/h1-2H,3,12H2,(H,13,14). The van der Waals surface area contributed by atoms with Crippen molar-refractivity contribution in [2.75, 3.05) is 5.73 Å². The van der Waals surface area contributed by atoms with Crippen molar-refractivity contribution in [3.63, 3.8) is 0 Å². The summed E-state index contributed by atoms with van der Waals surface area (Å²) >= 11 is 5.71. The summed E-state index contributed by atoms with van der Waals surface area (Å²) in [5.41, 5.74) is 6.43. The average molecular weight is 211 g/mol. The zero-order chi connectivity index (χ0) is 10.7. The summed E-state index contributed by atoms with van der Waals surface area (Å²) in [5, 5.41) is 17.4. The van der Waals surface area contributed by atoms with Crippen molar-refractivity contribution in [1.29, 1.82) is 5.26 Å². The van der Waals surface area contributed by atoms with E-state index >= 15 is 0 Å².